The number of sulfonamides is 1. The third kappa shape index (κ3) is 7.66. The summed E-state index contributed by atoms with van der Waals surface area (Å²) in [5.74, 6) is -0.0436. The van der Waals surface area contributed by atoms with E-state index >= 15 is 0 Å². The van der Waals surface area contributed by atoms with Crippen molar-refractivity contribution in [2.24, 2.45) is 0 Å². The smallest absolute Gasteiger partial charge is 0.264 e. The van der Waals surface area contributed by atoms with Gasteiger partial charge in [0.05, 0.1) is 5.75 Å². The van der Waals surface area contributed by atoms with Gasteiger partial charge in [0.2, 0.25) is 10.0 Å². The van der Waals surface area contributed by atoms with Crippen LogP contribution in [0.1, 0.15) is 21.5 Å². The van der Waals surface area contributed by atoms with Gasteiger partial charge in [-0.2, -0.15) is 0 Å². The first-order chi connectivity index (χ1) is 20.4. The highest BCUT2D eigenvalue weighted by atomic mass is 32.2. The highest BCUT2D eigenvalue weighted by Crippen LogP contribution is 2.27. The van der Waals surface area contributed by atoms with Crippen molar-refractivity contribution in [1.29, 1.82) is 0 Å². The Bertz CT molecular complexity index is 1600. The average Bonchev–Trinajstić information content (AvgIpc) is 3.01. The van der Waals surface area contributed by atoms with Crippen LogP contribution in [-0.4, -0.2) is 52.0 Å². The molecule has 0 spiro atoms. The molecular weight excluding hydrogens is 546 g/mol. The Morgan fingerprint density at radius 1 is 0.833 bits per heavy atom. The number of amides is 1. The largest absolute Gasteiger partial charge is 0.490 e. The summed E-state index contributed by atoms with van der Waals surface area (Å²) in [6.07, 6.45) is 1.74. The van der Waals surface area contributed by atoms with Gasteiger partial charge in [0.25, 0.3) is 5.91 Å². The van der Waals surface area contributed by atoms with Gasteiger partial charge in [-0.3, -0.25) is 9.69 Å². The highest BCUT2D eigenvalue weighted by Gasteiger charge is 2.20. The summed E-state index contributed by atoms with van der Waals surface area (Å²) >= 11 is 0. The molecule has 4 aromatic carbocycles. The van der Waals surface area contributed by atoms with E-state index in [1.54, 1.807) is 42.5 Å². The van der Waals surface area contributed by atoms with Crippen LogP contribution in [-0.2, 0) is 22.3 Å². The van der Waals surface area contributed by atoms with Gasteiger partial charge in [-0.15, -0.1) is 0 Å². The lowest BCUT2D eigenvalue weighted by Gasteiger charge is -2.36. The van der Waals surface area contributed by atoms with Crippen molar-refractivity contribution >= 4 is 21.6 Å². The van der Waals surface area contributed by atoms with E-state index in [0.29, 0.717) is 17.7 Å². The molecule has 1 aliphatic heterocycles. The van der Waals surface area contributed by atoms with Gasteiger partial charge >= 0.3 is 0 Å². The van der Waals surface area contributed by atoms with Gasteiger partial charge in [-0.25, -0.2) is 13.1 Å². The van der Waals surface area contributed by atoms with Crippen molar-refractivity contribution in [3.63, 3.8) is 0 Å². The van der Waals surface area contributed by atoms with E-state index in [-0.39, 0.29) is 5.75 Å². The summed E-state index contributed by atoms with van der Waals surface area (Å²) in [6, 6.07) is 32.6. The first kappa shape index (κ1) is 29.1. The maximum absolute atomic E-state index is 12.6. The predicted molar refractivity (Wildman–Crippen MR) is 168 cm³/mol. The molecule has 1 N–H and O–H groups in total. The maximum atomic E-state index is 12.6. The first-order valence-electron chi connectivity index (χ1n) is 14.0. The van der Waals surface area contributed by atoms with E-state index in [2.05, 4.69) is 57.5 Å². The fourth-order valence-electron chi connectivity index (χ4n) is 5.08. The lowest BCUT2D eigenvalue weighted by atomic mass is 9.99. The Kier molecular flexibility index (Phi) is 9.36. The van der Waals surface area contributed by atoms with Crippen molar-refractivity contribution < 1.29 is 17.9 Å². The number of benzene rings is 4. The molecule has 5 rings (SSSR count). The number of hydrogen-bond acceptors (Lipinski definition) is 6. The zero-order valence-corrected chi connectivity index (χ0v) is 24.3. The molecule has 0 aliphatic carbocycles. The molecular formula is C34H35N3O4S. The molecule has 0 bridgehead atoms. The highest BCUT2D eigenvalue weighted by molar-refractivity contribution is 7.89. The molecule has 1 fully saturated rings. The van der Waals surface area contributed by atoms with Crippen molar-refractivity contribution in [3.05, 3.63) is 132 Å². The maximum Gasteiger partial charge on any atom is 0.264 e. The van der Waals surface area contributed by atoms with Crippen LogP contribution in [0.3, 0.4) is 0 Å². The van der Waals surface area contributed by atoms with E-state index in [1.165, 1.54) is 11.1 Å². The Labute approximate surface area is 248 Å². The number of anilines is 1. The summed E-state index contributed by atoms with van der Waals surface area (Å²) in [7, 11) is -3.80. The van der Waals surface area contributed by atoms with Crippen molar-refractivity contribution in [3.8, 4) is 16.9 Å². The molecule has 0 unspecified atom stereocenters. The second-order valence-corrected chi connectivity index (χ2v) is 12.0. The zero-order valence-electron chi connectivity index (χ0n) is 23.5. The van der Waals surface area contributed by atoms with Crippen LogP contribution in [0.5, 0.6) is 5.75 Å². The number of carbonyl (C=O) groups excluding carboxylic acids is 1. The third-order valence-electron chi connectivity index (χ3n) is 7.26. The van der Waals surface area contributed by atoms with Crippen molar-refractivity contribution in [1.82, 2.24) is 9.62 Å². The molecule has 1 heterocycles. The minimum atomic E-state index is -3.80. The number of piperazine rings is 1. The SMILES string of the molecule is C=CCOc1ccc(-c2ccccc2CN2CCN(c3ccc(C(=O)NS(=O)(=O)Cc4ccccc4)cc3)CC2)cc1. The van der Waals surface area contributed by atoms with E-state index < -0.39 is 15.9 Å². The summed E-state index contributed by atoms with van der Waals surface area (Å²) < 4.78 is 32.7. The molecule has 0 radical (unpaired) electrons. The minimum Gasteiger partial charge on any atom is -0.490 e. The standard InChI is InChI=1S/C34H35N3O4S/c1-2-24-41-32-18-14-28(15-19-32)33-11-7-6-10-30(33)25-36-20-22-37(23-21-36)31-16-12-29(13-17-31)34(38)35-42(39,40)26-27-8-4-3-5-9-27/h2-19H,1,20-26H2,(H,35,38). The number of nitrogens with one attached hydrogen (secondary N) is 1. The number of nitrogens with zero attached hydrogens (tertiary/aromatic N) is 2. The van der Waals surface area contributed by atoms with Crippen LogP contribution in [0.15, 0.2) is 116 Å². The fourth-order valence-corrected chi connectivity index (χ4v) is 6.19. The molecule has 42 heavy (non-hydrogen) atoms. The molecule has 0 aromatic heterocycles. The molecule has 0 saturated carbocycles. The Morgan fingerprint density at radius 2 is 1.50 bits per heavy atom. The van der Waals surface area contributed by atoms with Crippen LogP contribution in [0.4, 0.5) is 5.69 Å². The van der Waals surface area contributed by atoms with Crippen molar-refractivity contribution in [2.45, 2.75) is 12.3 Å². The second kappa shape index (κ2) is 13.5. The van der Waals surface area contributed by atoms with Gasteiger partial charge in [0.1, 0.15) is 12.4 Å². The van der Waals surface area contributed by atoms with Crippen molar-refractivity contribution in [2.75, 3.05) is 37.7 Å². The van der Waals surface area contributed by atoms with Gasteiger partial charge in [-0.1, -0.05) is 79.4 Å². The number of ether oxygens (including phenoxy) is 1. The van der Waals surface area contributed by atoms with E-state index in [9.17, 15) is 13.2 Å². The summed E-state index contributed by atoms with van der Waals surface area (Å²) in [5.41, 5.74) is 5.60. The molecule has 1 saturated heterocycles. The molecule has 1 aliphatic rings. The fraction of sp³-hybridized carbons (Fsp3) is 0.206. The van der Waals surface area contributed by atoms with Crippen LogP contribution in [0.2, 0.25) is 0 Å². The Balaban J connectivity index is 1.15. The summed E-state index contributed by atoms with van der Waals surface area (Å²) in [4.78, 5) is 17.4. The monoisotopic (exact) mass is 581 g/mol. The van der Waals surface area contributed by atoms with E-state index in [0.717, 1.165) is 49.7 Å². The summed E-state index contributed by atoms with van der Waals surface area (Å²) in [6.45, 7) is 8.56. The first-order valence-corrected chi connectivity index (χ1v) is 15.6. The zero-order chi connectivity index (χ0) is 29.4. The van der Waals surface area contributed by atoms with Gasteiger partial charge in [-0.05, 0) is 58.7 Å². The minimum absolute atomic E-state index is 0.246. The number of hydrogen-bond donors (Lipinski definition) is 1. The predicted octanol–water partition coefficient (Wildman–Crippen LogP) is 5.50. The van der Waals surface area contributed by atoms with Crippen LogP contribution in [0.25, 0.3) is 11.1 Å². The van der Waals surface area contributed by atoms with E-state index in [1.807, 2.05) is 30.3 Å². The van der Waals surface area contributed by atoms with Crippen LogP contribution < -0.4 is 14.4 Å². The van der Waals surface area contributed by atoms with Crippen LogP contribution in [0, 0.1) is 0 Å². The van der Waals surface area contributed by atoms with Gasteiger partial charge < -0.3 is 9.64 Å². The second-order valence-electron chi connectivity index (χ2n) is 10.3. The molecule has 8 heteroatoms. The normalized spacial score (nSPS) is 13.9. The molecule has 1 amide bonds. The lowest BCUT2D eigenvalue weighted by Crippen LogP contribution is -2.46. The Morgan fingerprint density at radius 3 is 2.19 bits per heavy atom. The van der Waals surface area contributed by atoms with E-state index in [4.69, 9.17) is 4.74 Å². The van der Waals surface area contributed by atoms with Gasteiger partial charge in [0, 0.05) is 44.0 Å². The molecule has 4 aromatic rings. The molecule has 7 nitrogen and oxygen atoms in total. The molecule has 216 valence electrons. The lowest BCUT2D eigenvalue weighted by molar-refractivity contribution is 0.0981. The molecule has 0 atom stereocenters. The number of rotatable bonds is 11. The quantitative estimate of drug-likeness (QED) is 0.236. The third-order valence-corrected chi connectivity index (χ3v) is 8.47. The van der Waals surface area contributed by atoms with Gasteiger partial charge in [0.15, 0.2) is 0 Å². The topological polar surface area (TPSA) is 79.0 Å². The average molecular weight is 582 g/mol. The Hall–Kier alpha value is -4.40. The number of carbonyl (C=O) groups is 1. The van der Waals surface area contributed by atoms with Crippen LogP contribution >= 0.6 is 0 Å². The summed E-state index contributed by atoms with van der Waals surface area (Å²) in [5, 5.41) is 0.